The first kappa shape index (κ1) is 15.3. The third-order valence-electron chi connectivity index (χ3n) is 1.43. The van der Waals surface area contributed by atoms with E-state index in [1.807, 2.05) is 0 Å². The van der Waals surface area contributed by atoms with Crippen molar-refractivity contribution in [1.29, 1.82) is 0 Å². The highest BCUT2D eigenvalue weighted by molar-refractivity contribution is 4.98. The van der Waals surface area contributed by atoms with E-state index in [0.29, 0.717) is 0 Å². The molecule has 0 spiro atoms. The molecule has 0 fully saturated rings. The van der Waals surface area contributed by atoms with Crippen LogP contribution in [0.15, 0.2) is 0 Å². The van der Waals surface area contributed by atoms with Crippen molar-refractivity contribution < 1.29 is 49.0 Å². The van der Waals surface area contributed by atoms with Gasteiger partial charge in [-0.25, -0.2) is 0 Å². The van der Waals surface area contributed by atoms with Crippen LogP contribution in [0.3, 0.4) is 0 Å². The lowest BCUT2D eigenvalue weighted by molar-refractivity contribution is -0.394. The van der Waals surface area contributed by atoms with Crippen molar-refractivity contribution in [3.63, 3.8) is 0 Å². The molecule has 0 aromatic carbocycles. The Morgan fingerprint density at radius 2 is 1.00 bits per heavy atom. The van der Waals surface area contributed by atoms with E-state index in [4.69, 9.17) is 5.11 Å². The van der Waals surface area contributed by atoms with Crippen molar-refractivity contribution >= 4 is 0 Å². The van der Waals surface area contributed by atoms with Gasteiger partial charge in [0.2, 0.25) is 6.10 Å². The zero-order valence-electron chi connectivity index (χ0n) is 6.80. The maximum absolute atomic E-state index is 12.1. The van der Waals surface area contributed by atoms with Gasteiger partial charge in [0, 0.05) is 0 Å². The van der Waals surface area contributed by atoms with Gasteiger partial charge >= 0.3 is 24.2 Å². The third kappa shape index (κ3) is 2.33. The lowest BCUT2D eigenvalue weighted by Gasteiger charge is -2.32. The molecule has 0 saturated carbocycles. The summed E-state index contributed by atoms with van der Waals surface area (Å²) in [6.07, 6.45) is -18.3. The topological polar surface area (TPSA) is 20.2 Å². The van der Waals surface area contributed by atoms with E-state index in [9.17, 15) is 43.9 Å². The summed E-state index contributed by atoms with van der Waals surface area (Å²) in [7, 11) is 0. The fraction of sp³-hybridized carbons (Fsp3) is 1.00. The summed E-state index contributed by atoms with van der Waals surface area (Å²) < 4.78 is 117. The van der Waals surface area contributed by atoms with E-state index < -0.39 is 30.3 Å². The number of hydrogen-bond acceptors (Lipinski definition) is 1. The number of hydrogen-bond donors (Lipinski definition) is 1. The van der Waals surface area contributed by atoms with Crippen LogP contribution in [0.1, 0.15) is 0 Å². The maximum Gasteiger partial charge on any atom is 0.459 e. The highest BCUT2D eigenvalue weighted by atomic mass is 19.4. The van der Waals surface area contributed by atoms with Crippen molar-refractivity contribution in [2.75, 3.05) is 0 Å². The molecule has 0 unspecified atom stereocenters. The van der Waals surface area contributed by atoms with E-state index in [0.717, 1.165) is 0 Å². The Bertz CT molecular complexity index is 249. The molecule has 0 heterocycles. The normalized spacial score (nSPS) is 17.4. The minimum Gasteiger partial charge on any atom is -0.379 e. The zero-order chi connectivity index (χ0) is 13.6. The van der Waals surface area contributed by atoms with Gasteiger partial charge in [-0.2, -0.15) is 43.9 Å². The highest BCUT2D eigenvalue weighted by Gasteiger charge is 2.78. The number of aliphatic hydroxyl groups excluding tert-OH is 1. The van der Waals surface area contributed by atoms with Crippen molar-refractivity contribution in [1.82, 2.24) is 0 Å². The van der Waals surface area contributed by atoms with Crippen LogP contribution in [0.2, 0.25) is 0 Å². The summed E-state index contributed by atoms with van der Waals surface area (Å²) in [5, 5.41) is 7.76. The standard InChI is InChI=1S/C5H2F10O/c6-2(7,1(16)3(8,9)10)4(11,12)5(13,14)15/h1,16H/t1-/m0/s1. The molecule has 1 nitrogen and oxygen atoms in total. The SMILES string of the molecule is O[C@H](C(F)(F)F)C(F)(F)C(F)(F)C(F)(F)F. The van der Waals surface area contributed by atoms with E-state index in [1.54, 1.807) is 0 Å². The minimum absolute atomic E-state index is 5.11. The molecule has 0 bridgehead atoms. The lowest BCUT2D eigenvalue weighted by atomic mass is 10.1. The summed E-state index contributed by atoms with van der Waals surface area (Å²) >= 11 is 0. The second-order valence-electron chi connectivity index (χ2n) is 2.64. The molecule has 16 heavy (non-hydrogen) atoms. The molecule has 0 amide bonds. The maximum atomic E-state index is 12.1. The van der Waals surface area contributed by atoms with Crippen molar-refractivity contribution in [2.24, 2.45) is 0 Å². The summed E-state index contributed by atoms with van der Waals surface area (Å²) in [5.74, 6) is -13.7. The Labute approximate surface area is 80.6 Å². The first-order chi connectivity index (χ1) is 6.65. The Morgan fingerprint density at radius 1 is 0.688 bits per heavy atom. The molecule has 0 aromatic rings. The number of rotatable bonds is 2. The molecule has 98 valence electrons. The van der Waals surface area contributed by atoms with Gasteiger partial charge in [-0.15, -0.1) is 0 Å². The van der Waals surface area contributed by atoms with Crippen molar-refractivity contribution in [3.05, 3.63) is 0 Å². The summed E-state index contributed by atoms with van der Waals surface area (Å²) in [5.41, 5.74) is 0. The van der Waals surface area contributed by atoms with E-state index >= 15 is 0 Å². The van der Waals surface area contributed by atoms with Gasteiger partial charge in [0.1, 0.15) is 0 Å². The van der Waals surface area contributed by atoms with Crippen LogP contribution in [0.4, 0.5) is 43.9 Å². The summed E-state index contributed by atoms with van der Waals surface area (Å²) in [4.78, 5) is 0. The molecule has 1 atom stereocenters. The molecular formula is C5H2F10O. The van der Waals surface area contributed by atoms with Gasteiger partial charge < -0.3 is 5.11 Å². The quantitative estimate of drug-likeness (QED) is 0.763. The Morgan fingerprint density at radius 3 is 1.19 bits per heavy atom. The van der Waals surface area contributed by atoms with Crippen LogP contribution in [-0.2, 0) is 0 Å². The smallest absolute Gasteiger partial charge is 0.379 e. The Balaban J connectivity index is 5.37. The van der Waals surface area contributed by atoms with Crippen LogP contribution in [0, 0.1) is 0 Å². The van der Waals surface area contributed by atoms with Crippen LogP contribution < -0.4 is 0 Å². The third-order valence-corrected chi connectivity index (χ3v) is 1.43. The van der Waals surface area contributed by atoms with Gasteiger partial charge in [0.05, 0.1) is 0 Å². The molecule has 0 radical (unpaired) electrons. The Hall–Kier alpha value is -0.740. The average molecular weight is 268 g/mol. The molecule has 0 saturated heterocycles. The molecular weight excluding hydrogens is 266 g/mol. The monoisotopic (exact) mass is 268 g/mol. The molecule has 11 heteroatoms. The number of halogens is 10. The average Bonchev–Trinajstić information content (AvgIpc) is 1.98. The highest BCUT2D eigenvalue weighted by Crippen LogP contribution is 2.50. The van der Waals surface area contributed by atoms with E-state index in [1.165, 1.54) is 0 Å². The number of aliphatic hydroxyl groups is 1. The summed E-state index contributed by atoms with van der Waals surface area (Å²) in [6, 6.07) is 0. The lowest BCUT2D eigenvalue weighted by Crippen LogP contribution is -2.61. The van der Waals surface area contributed by atoms with Gasteiger partial charge in [0.15, 0.2) is 0 Å². The predicted molar refractivity (Wildman–Crippen MR) is 28.0 cm³/mol. The van der Waals surface area contributed by atoms with Gasteiger partial charge in [0.25, 0.3) is 0 Å². The first-order valence-electron chi connectivity index (χ1n) is 3.23. The molecule has 0 rings (SSSR count). The molecule has 1 N–H and O–H groups in total. The van der Waals surface area contributed by atoms with Gasteiger partial charge in [-0.1, -0.05) is 0 Å². The largest absolute Gasteiger partial charge is 0.459 e. The fourth-order valence-electron chi connectivity index (χ4n) is 0.566. The van der Waals surface area contributed by atoms with Crippen LogP contribution >= 0.6 is 0 Å². The van der Waals surface area contributed by atoms with Crippen LogP contribution in [0.5, 0.6) is 0 Å². The minimum atomic E-state index is -6.99. The van der Waals surface area contributed by atoms with Crippen molar-refractivity contribution in [2.45, 2.75) is 30.3 Å². The van der Waals surface area contributed by atoms with E-state index in [-0.39, 0.29) is 0 Å². The van der Waals surface area contributed by atoms with Crippen LogP contribution in [-0.4, -0.2) is 35.4 Å². The Kier molecular flexibility index (Phi) is 3.47. The fourth-order valence-corrected chi connectivity index (χ4v) is 0.566. The predicted octanol–water partition coefficient (Wildman–Crippen LogP) is 2.74. The zero-order valence-corrected chi connectivity index (χ0v) is 6.80. The molecule has 0 aliphatic carbocycles. The van der Waals surface area contributed by atoms with Gasteiger partial charge in [-0.3, -0.25) is 0 Å². The second kappa shape index (κ2) is 3.64. The molecule has 0 aliphatic heterocycles. The van der Waals surface area contributed by atoms with E-state index in [2.05, 4.69) is 0 Å². The van der Waals surface area contributed by atoms with Crippen LogP contribution in [0.25, 0.3) is 0 Å². The number of alkyl halides is 10. The second-order valence-corrected chi connectivity index (χ2v) is 2.64. The molecule has 0 aliphatic rings. The molecule has 0 aromatic heterocycles. The van der Waals surface area contributed by atoms with Gasteiger partial charge in [-0.05, 0) is 0 Å². The summed E-state index contributed by atoms with van der Waals surface area (Å²) in [6.45, 7) is 0. The van der Waals surface area contributed by atoms with Crippen molar-refractivity contribution in [3.8, 4) is 0 Å². The first-order valence-corrected chi connectivity index (χ1v) is 3.23.